The molecule has 0 bridgehead atoms. The molecule has 0 fully saturated rings. The van der Waals surface area contributed by atoms with E-state index >= 15 is 0 Å². The van der Waals surface area contributed by atoms with Crippen LogP contribution in [0.2, 0.25) is 0 Å². The van der Waals surface area contributed by atoms with Crippen molar-refractivity contribution >= 4 is 0 Å². The minimum Gasteiger partial charge on any atom is -0.505 e. The molecule has 3 nitrogen and oxygen atoms in total. The molecule has 0 unspecified atom stereocenters. The number of aryl methyl sites for hydroxylation is 1. The van der Waals surface area contributed by atoms with Gasteiger partial charge in [0.15, 0.2) is 11.6 Å². The number of hydrogen-bond acceptors (Lipinski definition) is 3. The molecular formula is C12H18FNO2. The summed E-state index contributed by atoms with van der Waals surface area (Å²) in [5.74, 6) is -1.07. The van der Waals surface area contributed by atoms with Gasteiger partial charge in [0.05, 0.1) is 0 Å². The van der Waals surface area contributed by atoms with Crippen molar-refractivity contribution < 1.29 is 14.6 Å². The van der Waals surface area contributed by atoms with Gasteiger partial charge in [0, 0.05) is 23.6 Å². The molecule has 0 heterocycles. The van der Waals surface area contributed by atoms with Crippen LogP contribution in [0.4, 0.5) is 4.39 Å². The summed E-state index contributed by atoms with van der Waals surface area (Å²) in [6.07, 6.45) is 0. The Morgan fingerprint density at radius 3 is 2.50 bits per heavy atom. The lowest BCUT2D eigenvalue weighted by Crippen LogP contribution is -2.32. The van der Waals surface area contributed by atoms with Crippen molar-refractivity contribution in [3.05, 3.63) is 29.1 Å². The summed E-state index contributed by atoms with van der Waals surface area (Å²) >= 11 is 0. The highest BCUT2D eigenvalue weighted by molar-refractivity contribution is 5.40. The first-order valence-corrected chi connectivity index (χ1v) is 5.15. The standard InChI is InChI=1S/C12H18FNO2/c1-7-4-5-8(10(16)9(7)13)11(14)12(2,3)6-15/h4-5,11,15-16H,6,14H2,1-3H3/t11-/m0/s1. The van der Waals surface area contributed by atoms with E-state index in [0.717, 1.165) is 0 Å². The van der Waals surface area contributed by atoms with Gasteiger partial charge in [0.1, 0.15) is 0 Å². The van der Waals surface area contributed by atoms with Gasteiger partial charge in [0.2, 0.25) is 0 Å². The highest BCUT2D eigenvalue weighted by atomic mass is 19.1. The topological polar surface area (TPSA) is 66.5 Å². The number of hydrogen-bond donors (Lipinski definition) is 3. The van der Waals surface area contributed by atoms with E-state index in [1.54, 1.807) is 32.9 Å². The Kier molecular flexibility index (Phi) is 3.55. The number of aliphatic hydroxyl groups is 1. The second-order valence-electron chi connectivity index (χ2n) is 4.76. The summed E-state index contributed by atoms with van der Waals surface area (Å²) < 4.78 is 13.5. The van der Waals surface area contributed by atoms with Gasteiger partial charge in [-0.3, -0.25) is 0 Å². The van der Waals surface area contributed by atoms with E-state index in [1.807, 2.05) is 0 Å². The third-order valence-corrected chi connectivity index (χ3v) is 2.92. The first-order chi connectivity index (χ1) is 7.31. The van der Waals surface area contributed by atoms with Crippen molar-refractivity contribution in [2.75, 3.05) is 6.61 Å². The molecule has 0 saturated heterocycles. The molecule has 1 aromatic carbocycles. The second kappa shape index (κ2) is 4.39. The molecule has 0 radical (unpaired) electrons. The van der Waals surface area contributed by atoms with Gasteiger partial charge in [0.25, 0.3) is 0 Å². The molecule has 0 amide bonds. The molecular weight excluding hydrogens is 209 g/mol. The lowest BCUT2D eigenvalue weighted by Gasteiger charge is -2.30. The van der Waals surface area contributed by atoms with Gasteiger partial charge >= 0.3 is 0 Å². The quantitative estimate of drug-likeness (QED) is 0.738. The maximum atomic E-state index is 13.5. The van der Waals surface area contributed by atoms with Crippen LogP contribution in [0.25, 0.3) is 0 Å². The van der Waals surface area contributed by atoms with Crippen molar-refractivity contribution in [2.45, 2.75) is 26.8 Å². The summed E-state index contributed by atoms with van der Waals surface area (Å²) in [5, 5.41) is 18.9. The summed E-state index contributed by atoms with van der Waals surface area (Å²) in [6, 6.07) is 2.54. The van der Waals surface area contributed by atoms with Crippen LogP contribution in [0.1, 0.15) is 31.0 Å². The fraction of sp³-hybridized carbons (Fsp3) is 0.500. The van der Waals surface area contributed by atoms with E-state index < -0.39 is 23.0 Å². The van der Waals surface area contributed by atoms with Crippen LogP contribution >= 0.6 is 0 Å². The number of aliphatic hydroxyl groups excluding tert-OH is 1. The molecule has 4 heteroatoms. The Balaban J connectivity index is 3.20. The molecule has 1 rings (SSSR count). The molecule has 1 atom stereocenters. The average molecular weight is 227 g/mol. The van der Waals surface area contributed by atoms with Gasteiger partial charge in [-0.15, -0.1) is 0 Å². The van der Waals surface area contributed by atoms with E-state index in [-0.39, 0.29) is 6.61 Å². The zero-order valence-corrected chi connectivity index (χ0v) is 9.79. The fourth-order valence-electron chi connectivity index (χ4n) is 1.45. The molecule has 0 aliphatic rings. The zero-order chi connectivity index (χ0) is 12.5. The highest BCUT2D eigenvalue weighted by Gasteiger charge is 2.29. The predicted octanol–water partition coefficient (Wildman–Crippen LogP) is 1.86. The Hall–Kier alpha value is -1.13. The molecule has 0 saturated carbocycles. The normalized spacial score (nSPS) is 13.9. The third kappa shape index (κ3) is 2.18. The smallest absolute Gasteiger partial charge is 0.168 e. The molecule has 4 N–H and O–H groups in total. The number of phenols is 1. The average Bonchev–Trinajstić information content (AvgIpc) is 2.25. The number of aromatic hydroxyl groups is 1. The monoisotopic (exact) mass is 227 g/mol. The van der Waals surface area contributed by atoms with Crippen LogP contribution in [0.15, 0.2) is 12.1 Å². The number of halogens is 1. The second-order valence-corrected chi connectivity index (χ2v) is 4.76. The Bertz CT molecular complexity index is 391. The van der Waals surface area contributed by atoms with Crippen molar-refractivity contribution in [2.24, 2.45) is 11.1 Å². The van der Waals surface area contributed by atoms with E-state index in [2.05, 4.69) is 0 Å². The van der Waals surface area contributed by atoms with E-state index in [0.29, 0.717) is 11.1 Å². The predicted molar refractivity (Wildman–Crippen MR) is 60.6 cm³/mol. The zero-order valence-electron chi connectivity index (χ0n) is 9.79. The van der Waals surface area contributed by atoms with Crippen molar-refractivity contribution in [1.29, 1.82) is 0 Å². The van der Waals surface area contributed by atoms with Crippen LogP contribution in [0.5, 0.6) is 5.75 Å². The van der Waals surface area contributed by atoms with Crippen LogP contribution in [0, 0.1) is 18.2 Å². The van der Waals surface area contributed by atoms with Gasteiger partial charge in [-0.05, 0) is 12.5 Å². The van der Waals surface area contributed by atoms with Crippen molar-refractivity contribution in [3.8, 4) is 5.75 Å². The molecule has 0 aliphatic heterocycles. The molecule has 90 valence electrons. The lowest BCUT2D eigenvalue weighted by molar-refractivity contribution is 0.131. The van der Waals surface area contributed by atoms with E-state index in [1.165, 1.54) is 0 Å². The van der Waals surface area contributed by atoms with Crippen LogP contribution < -0.4 is 5.73 Å². The van der Waals surface area contributed by atoms with Crippen LogP contribution in [0.3, 0.4) is 0 Å². The number of phenolic OH excluding ortho intramolecular Hbond substituents is 1. The Morgan fingerprint density at radius 1 is 1.44 bits per heavy atom. The van der Waals surface area contributed by atoms with Crippen LogP contribution in [-0.4, -0.2) is 16.8 Å². The molecule has 1 aromatic rings. The maximum absolute atomic E-state index is 13.5. The lowest BCUT2D eigenvalue weighted by atomic mass is 9.81. The number of rotatable bonds is 3. The van der Waals surface area contributed by atoms with Gasteiger partial charge < -0.3 is 15.9 Å². The van der Waals surface area contributed by atoms with Crippen molar-refractivity contribution in [1.82, 2.24) is 0 Å². The molecule has 0 aromatic heterocycles. The van der Waals surface area contributed by atoms with Gasteiger partial charge in [-0.2, -0.15) is 0 Å². The number of nitrogens with two attached hydrogens (primary N) is 1. The Morgan fingerprint density at radius 2 is 2.00 bits per heavy atom. The highest BCUT2D eigenvalue weighted by Crippen LogP contribution is 2.37. The third-order valence-electron chi connectivity index (χ3n) is 2.92. The van der Waals surface area contributed by atoms with E-state index in [9.17, 15) is 14.6 Å². The summed E-state index contributed by atoms with van der Waals surface area (Å²) in [6.45, 7) is 4.95. The first kappa shape index (κ1) is 12.9. The minimum absolute atomic E-state index is 0.136. The fourth-order valence-corrected chi connectivity index (χ4v) is 1.45. The van der Waals surface area contributed by atoms with Crippen molar-refractivity contribution in [3.63, 3.8) is 0 Å². The SMILES string of the molecule is Cc1ccc([C@H](N)C(C)(C)CO)c(O)c1F. The number of benzene rings is 1. The van der Waals surface area contributed by atoms with Crippen LogP contribution in [-0.2, 0) is 0 Å². The van der Waals surface area contributed by atoms with E-state index in [4.69, 9.17) is 5.73 Å². The maximum Gasteiger partial charge on any atom is 0.168 e. The first-order valence-electron chi connectivity index (χ1n) is 5.15. The molecule has 16 heavy (non-hydrogen) atoms. The van der Waals surface area contributed by atoms with Gasteiger partial charge in [-0.1, -0.05) is 26.0 Å². The summed E-state index contributed by atoms with van der Waals surface area (Å²) in [5.41, 5.74) is 6.00. The Labute approximate surface area is 94.7 Å². The van der Waals surface area contributed by atoms with Gasteiger partial charge in [-0.25, -0.2) is 4.39 Å². The minimum atomic E-state index is -0.651. The molecule has 0 spiro atoms. The summed E-state index contributed by atoms with van der Waals surface area (Å²) in [7, 11) is 0. The largest absolute Gasteiger partial charge is 0.505 e. The summed E-state index contributed by atoms with van der Waals surface area (Å²) in [4.78, 5) is 0. The molecule has 0 aliphatic carbocycles.